The van der Waals surface area contributed by atoms with Crippen LogP contribution >= 0.6 is 0 Å². The van der Waals surface area contributed by atoms with E-state index in [1.54, 1.807) is 0 Å². The molecule has 0 aromatic rings. The minimum atomic E-state index is -0.192. The van der Waals surface area contributed by atoms with E-state index in [0.717, 1.165) is 19.5 Å². The van der Waals surface area contributed by atoms with Crippen molar-refractivity contribution < 1.29 is 15.3 Å². The predicted octanol–water partition coefficient (Wildman–Crippen LogP) is -1.03. The zero-order chi connectivity index (χ0) is 12.6. The van der Waals surface area contributed by atoms with Gasteiger partial charge in [-0.15, -0.1) is 0 Å². The lowest BCUT2D eigenvalue weighted by atomic mass is 10.2. The van der Waals surface area contributed by atoms with Crippen LogP contribution in [0.3, 0.4) is 0 Å². The van der Waals surface area contributed by atoms with E-state index in [2.05, 4.69) is 4.90 Å². The summed E-state index contributed by atoms with van der Waals surface area (Å²) >= 11 is 0. The second-order valence-corrected chi connectivity index (χ2v) is 4.22. The Kier molecular flexibility index (Phi) is 8.78. The van der Waals surface area contributed by atoms with E-state index in [4.69, 9.17) is 15.3 Å². The van der Waals surface area contributed by atoms with E-state index in [9.17, 15) is 0 Å². The zero-order valence-corrected chi connectivity index (χ0v) is 10.6. The molecule has 0 aromatic carbocycles. The monoisotopic (exact) mass is 234 g/mol. The van der Waals surface area contributed by atoms with E-state index in [1.807, 2.05) is 25.9 Å². The number of aliphatic hydroxyl groups is 3. The Morgan fingerprint density at radius 1 is 0.812 bits per heavy atom. The Morgan fingerprint density at radius 3 is 1.50 bits per heavy atom. The third kappa shape index (κ3) is 5.23. The summed E-state index contributed by atoms with van der Waals surface area (Å²) in [7, 11) is 3.86. The SMILES string of the molecule is CCC(CO)N(C)CCN(C)C(CO)CO. The van der Waals surface area contributed by atoms with Crippen LogP contribution in [0.25, 0.3) is 0 Å². The van der Waals surface area contributed by atoms with E-state index >= 15 is 0 Å². The quantitative estimate of drug-likeness (QED) is 0.476. The highest BCUT2D eigenvalue weighted by atomic mass is 16.3. The van der Waals surface area contributed by atoms with Crippen molar-refractivity contribution in [3.05, 3.63) is 0 Å². The van der Waals surface area contributed by atoms with Gasteiger partial charge in [-0.05, 0) is 20.5 Å². The average molecular weight is 234 g/mol. The number of hydrogen-bond acceptors (Lipinski definition) is 5. The molecule has 0 aliphatic heterocycles. The summed E-state index contributed by atoms with van der Waals surface area (Å²) in [6, 6.07) is -0.00212. The molecule has 5 heteroatoms. The van der Waals surface area contributed by atoms with E-state index < -0.39 is 0 Å². The van der Waals surface area contributed by atoms with Gasteiger partial charge in [0.25, 0.3) is 0 Å². The fraction of sp³-hybridized carbons (Fsp3) is 1.00. The maximum absolute atomic E-state index is 9.13. The molecule has 3 N–H and O–H groups in total. The predicted molar refractivity (Wildman–Crippen MR) is 64.4 cm³/mol. The van der Waals surface area contributed by atoms with Gasteiger partial charge >= 0.3 is 0 Å². The zero-order valence-electron chi connectivity index (χ0n) is 10.6. The first-order valence-electron chi connectivity index (χ1n) is 5.83. The number of nitrogens with zero attached hydrogens (tertiary/aromatic N) is 2. The molecule has 0 heterocycles. The highest BCUT2D eigenvalue weighted by Gasteiger charge is 2.15. The largest absolute Gasteiger partial charge is 0.395 e. The van der Waals surface area contributed by atoms with Gasteiger partial charge in [0, 0.05) is 19.1 Å². The van der Waals surface area contributed by atoms with Gasteiger partial charge in [0.05, 0.1) is 25.9 Å². The maximum Gasteiger partial charge on any atom is 0.0609 e. The van der Waals surface area contributed by atoms with Crippen molar-refractivity contribution in [2.45, 2.75) is 25.4 Å². The van der Waals surface area contributed by atoms with Crippen LogP contribution in [0.15, 0.2) is 0 Å². The molecule has 0 aromatic heterocycles. The molecule has 1 unspecified atom stereocenters. The van der Waals surface area contributed by atoms with Gasteiger partial charge < -0.3 is 15.3 Å². The second-order valence-electron chi connectivity index (χ2n) is 4.22. The van der Waals surface area contributed by atoms with Crippen LogP contribution in [0.5, 0.6) is 0 Å². The standard InChI is InChI=1S/C11H26N2O3/c1-4-10(7-14)12(2)5-6-13(3)11(8-15)9-16/h10-11,14-16H,4-9H2,1-3H3. The molecule has 0 spiro atoms. The van der Waals surface area contributed by atoms with Crippen molar-refractivity contribution >= 4 is 0 Å². The Balaban J connectivity index is 3.93. The number of hydrogen-bond donors (Lipinski definition) is 3. The molecule has 0 amide bonds. The van der Waals surface area contributed by atoms with Crippen molar-refractivity contribution in [1.29, 1.82) is 0 Å². The maximum atomic E-state index is 9.13. The average Bonchev–Trinajstić information content (AvgIpc) is 2.29. The minimum Gasteiger partial charge on any atom is -0.395 e. The number of likely N-dealkylation sites (N-methyl/N-ethyl adjacent to an activating group) is 2. The lowest BCUT2D eigenvalue weighted by Crippen LogP contribution is -2.44. The van der Waals surface area contributed by atoms with Gasteiger partial charge in [0.1, 0.15) is 0 Å². The number of rotatable bonds is 9. The van der Waals surface area contributed by atoms with Gasteiger partial charge in [-0.1, -0.05) is 6.92 Å². The summed E-state index contributed by atoms with van der Waals surface area (Å²) in [6.45, 7) is 3.72. The topological polar surface area (TPSA) is 67.2 Å². The molecule has 0 aliphatic rings. The van der Waals surface area contributed by atoms with Crippen LogP contribution in [0.1, 0.15) is 13.3 Å². The summed E-state index contributed by atoms with van der Waals surface area (Å²) in [4.78, 5) is 4.03. The highest BCUT2D eigenvalue weighted by Crippen LogP contribution is 2.01. The van der Waals surface area contributed by atoms with Crippen molar-refractivity contribution in [2.75, 3.05) is 47.0 Å². The van der Waals surface area contributed by atoms with Gasteiger partial charge in [-0.3, -0.25) is 9.80 Å². The normalized spacial score (nSPS) is 14.1. The molecular weight excluding hydrogens is 208 g/mol. The second kappa shape index (κ2) is 8.90. The minimum absolute atomic E-state index is 0.0338. The lowest BCUT2D eigenvalue weighted by molar-refractivity contribution is 0.0750. The fourth-order valence-corrected chi connectivity index (χ4v) is 1.60. The first-order valence-corrected chi connectivity index (χ1v) is 5.83. The molecule has 16 heavy (non-hydrogen) atoms. The number of aliphatic hydroxyl groups excluding tert-OH is 3. The third-order valence-electron chi connectivity index (χ3n) is 3.16. The van der Waals surface area contributed by atoms with Crippen molar-refractivity contribution in [3.63, 3.8) is 0 Å². The van der Waals surface area contributed by atoms with E-state index in [-0.39, 0.29) is 31.9 Å². The van der Waals surface area contributed by atoms with Crippen LogP contribution < -0.4 is 0 Å². The van der Waals surface area contributed by atoms with Gasteiger partial charge in [0.2, 0.25) is 0 Å². The Bertz CT molecular complexity index is 143. The van der Waals surface area contributed by atoms with Crippen LogP contribution in [0.4, 0.5) is 0 Å². The third-order valence-corrected chi connectivity index (χ3v) is 3.16. The summed E-state index contributed by atoms with van der Waals surface area (Å²) in [5.74, 6) is 0. The fourth-order valence-electron chi connectivity index (χ4n) is 1.60. The lowest BCUT2D eigenvalue weighted by Gasteiger charge is -2.30. The first kappa shape index (κ1) is 15.8. The Labute approximate surface area is 98.3 Å². The smallest absolute Gasteiger partial charge is 0.0609 e. The summed E-state index contributed by atoms with van der Waals surface area (Å²) < 4.78 is 0. The molecule has 0 bridgehead atoms. The molecule has 98 valence electrons. The van der Waals surface area contributed by atoms with E-state index in [1.165, 1.54) is 0 Å². The van der Waals surface area contributed by atoms with Gasteiger partial charge in [-0.2, -0.15) is 0 Å². The van der Waals surface area contributed by atoms with Gasteiger partial charge in [-0.25, -0.2) is 0 Å². The summed E-state index contributed by atoms with van der Waals surface area (Å²) in [5.41, 5.74) is 0. The highest BCUT2D eigenvalue weighted by molar-refractivity contribution is 4.70. The van der Waals surface area contributed by atoms with Crippen LogP contribution in [-0.2, 0) is 0 Å². The Hall–Kier alpha value is -0.200. The van der Waals surface area contributed by atoms with Crippen LogP contribution in [-0.4, -0.2) is 84.2 Å². The summed E-state index contributed by atoms with van der Waals surface area (Å²) in [6.07, 6.45) is 0.917. The molecule has 1 atom stereocenters. The van der Waals surface area contributed by atoms with Crippen molar-refractivity contribution in [2.24, 2.45) is 0 Å². The first-order chi connectivity index (χ1) is 7.60. The molecule has 0 fully saturated rings. The van der Waals surface area contributed by atoms with E-state index in [0.29, 0.717) is 0 Å². The van der Waals surface area contributed by atoms with Crippen molar-refractivity contribution in [1.82, 2.24) is 9.80 Å². The van der Waals surface area contributed by atoms with Crippen molar-refractivity contribution in [3.8, 4) is 0 Å². The molecule has 0 radical (unpaired) electrons. The van der Waals surface area contributed by atoms with Gasteiger partial charge in [0.15, 0.2) is 0 Å². The molecule has 0 saturated carbocycles. The molecule has 0 rings (SSSR count). The Morgan fingerprint density at radius 2 is 1.19 bits per heavy atom. The molecule has 5 nitrogen and oxygen atoms in total. The summed E-state index contributed by atoms with van der Waals surface area (Å²) in [5, 5.41) is 27.1. The van der Waals surface area contributed by atoms with Crippen LogP contribution in [0, 0.1) is 0 Å². The molecule has 0 aliphatic carbocycles. The molecule has 0 saturated heterocycles. The molecular formula is C11H26N2O3. The van der Waals surface area contributed by atoms with Crippen LogP contribution in [0.2, 0.25) is 0 Å².